The second-order valence-electron chi connectivity index (χ2n) is 7.15. The smallest absolute Gasteiger partial charge is 0.320 e. The van der Waals surface area contributed by atoms with Gasteiger partial charge in [0, 0.05) is 13.2 Å². The van der Waals surface area contributed by atoms with Crippen LogP contribution >= 0.6 is 0 Å². The van der Waals surface area contributed by atoms with Gasteiger partial charge < -0.3 is 20.3 Å². The lowest BCUT2D eigenvalue weighted by Gasteiger charge is -2.32. The number of rotatable bonds is 6. The number of carbonyl (C=O) groups excluding carboxylic acids is 1. The van der Waals surface area contributed by atoms with E-state index in [9.17, 15) is 9.59 Å². The molecular weight excluding hydrogens is 286 g/mol. The fourth-order valence-electron chi connectivity index (χ4n) is 2.72. The number of ether oxygens (including phenoxy) is 2. The highest BCUT2D eigenvalue weighted by molar-refractivity contribution is 5.77. The Balaban J connectivity index is 2.83. The lowest BCUT2D eigenvalue weighted by atomic mass is 9.79. The summed E-state index contributed by atoms with van der Waals surface area (Å²) in [5, 5.41) is 9.12. The van der Waals surface area contributed by atoms with Gasteiger partial charge in [0.1, 0.15) is 11.6 Å². The number of carbonyl (C=O) groups is 2. The third-order valence-electron chi connectivity index (χ3n) is 4.12. The van der Waals surface area contributed by atoms with E-state index in [-0.39, 0.29) is 5.97 Å². The van der Waals surface area contributed by atoms with Gasteiger partial charge in [-0.05, 0) is 51.9 Å². The lowest BCUT2D eigenvalue weighted by molar-refractivity contribution is -0.163. The second-order valence-corrected chi connectivity index (χ2v) is 7.15. The van der Waals surface area contributed by atoms with Gasteiger partial charge in [-0.1, -0.05) is 6.92 Å². The number of carboxylic acid groups (broad SMARTS) is 1. The normalized spacial score (nSPS) is 21.0. The monoisotopic (exact) mass is 315 g/mol. The van der Waals surface area contributed by atoms with Crippen molar-refractivity contribution >= 4 is 11.9 Å². The van der Waals surface area contributed by atoms with Gasteiger partial charge in [0.15, 0.2) is 0 Å². The molecule has 0 aromatic rings. The third-order valence-corrected chi connectivity index (χ3v) is 4.12. The highest BCUT2D eigenvalue weighted by Crippen LogP contribution is 2.30. The number of carboxylic acids is 1. The van der Waals surface area contributed by atoms with E-state index in [1.807, 2.05) is 0 Å². The zero-order chi connectivity index (χ0) is 16.9. The number of nitrogens with two attached hydrogens (primary N) is 1. The molecule has 0 bridgehead atoms. The van der Waals surface area contributed by atoms with E-state index >= 15 is 0 Å². The number of aliphatic carboxylic acids is 1. The van der Waals surface area contributed by atoms with Crippen LogP contribution < -0.4 is 5.73 Å². The van der Waals surface area contributed by atoms with Crippen molar-refractivity contribution in [2.24, 2.45) is 23.5 Å². The summed E-state index contributed by atoms with van der Waals surface area (Å²) in [7, 11) is 0. The average molecular weight is 315 g/mol. The molecular formula is C16H29NO5. The molecule has 1 fully saturated rings. The van der Waals surface area contributed by atoms with Crippen LogP contribution in [0.5, 0.6) is 0 Å². The van der Waals surface area contributed by atoms with Crippen LogP contribution in [0, 0.1) is 17.8 Å². The van der Waals surface area contributed by atoms with Gasteiger partial charge in [-0.25, -0.2) is 0 Å². The highest BCUT2D eigenvalue weighted by Gasteiger charge is 2.37. The van der Waals surface area contributed by atoms with E-state index in [2.05, 4.69) is 0 Å². The van der Waals surface area contributed by atoms with Crippen LogP contribution in [-0.2, 0) is 19.1 Å². The van der Waals surface area contributed by atoms with Crippen LogP contribution in [0.2, 0.25) is 0 Å². The Hall–Kier alpha value is -1.14. The first kappa shape index (κ1) is 18.9. The Bertz CT molecular complexity index is 384. The minimum Gasteiger partial charge on any atom is -0.480 e. The van der Waals surface area contributed by atoms with Crippen molar-refractivity contribution in [2.45, 2.75) is 58.6 Å². The van der Waals surface area contributed by atoms with Gasteiger partial charge >= 0.3 is 11.9 Å². The molecule has 128 valence electrons. The van der Waals surface area contributed by atoms with Crippen molar-refractivity contribution < 1.29 is 24.2 Å². The molecule has 1 saturated heterocycles. The number of esters is 1. The third kappa shape index (κ3) is 5.93. The quantitative estimate of drug-likeness (QED) is 0.725. The van der Waals surface area contributed by atoms with Crippen molar-refractivity contribution in [1.29, 1.82) is 0 Å². The Morgan fingerprint density at radius 1 is 1.32 bits per heavy atom. The van der Waals surface area contributed by atoms with Crippen LogP contribution in [0.4, 0.5) is 0 Å². The van der Waals surface area contributed by atoms with Gasteiger partial charge in [-0.3, -0.25) is 9.59 Å². The number of hydrogen-bond acceptors (Lipinski definition) is 5. The van der Waals surface area contributed by atoms with E-state index < -0.39 is 29.4 Å². The first-order chi connectivity index (χ1) is 10.1. The molecule has 1 rings (SSSR count). The summed E-state index contributed by atoms with van der Waals surface area (Å²) in [6.45, 7) is 8.50. The van der Waals surface area contributed by atoms with E-state index in [1.165, 1.54) is 0 Å². The maximum atomic E-state index is 12.5. The van der Waals surface area contributed by atoms with Gasteiger partial charge in [-0.2, -0.15) is 0 Å². The molecule has 0 saturated carbocycles. The fourth-order valence-corrected chi connectivity index (χ4v) is 2.72. The summed E-state index contributed by atoms with van der Waals surface area (Å²) >= 11 is 0. The van der Waals surface area contributed by atoms with Crippen LogP contribution in [0.15, 0.2) is 0 Å². The molecule has 1 aliphatic rings. The van der Waals surface area contributed by atoms with E-state index in [0.717, 1.165) is 12.8 Å². The zero-order valence-corrected chi connectivity index (χ0v) is 14.0. The maximum absolute atomic E-state index is 12.5. The van der Waals surface area contributed by atoms with Crippen molar-refractivity contribution in [3.63, 3.8) is 0 Å². The van der Waals surface area contributed by atoms with Crippen LogP contribution in [0.1, 0.15) is 47.0 Å². The molecule has 0 amide bonds. The molecule has 0 aromatic carbocycles. The molecule has 0 spiro atoms. The Kier molecular flexibility index (Phi) is 6.81. The molecule has 1 aliphatic heterocycles. The first-order valence-electron chi connectivity index (χ1n) is 7.91. The molecule has 1 heterocycles. The van der Waals surface area contributed by atoms with Gasteiger partial charge in [0.2, 0.25) is 0 Å². The van der Waals surface area contributed by atoms with E-state index in [0.29, 0.717) is 25.6 Å². The van der Waals surface area contributed by atoms with Crippen molar-refractivity contribution in [2.75, 3.05) is 13.2 Å². The summed E-state index contributed by atoms with van der Waals surface area (Å²) in [4.78, 5) is 23.6. The Labute approximate surface area is 132 Å². The van der Waals surface area contributed by atoms with Crippen LogP contribution in [-0.4, -0.2) is 41.9 Å². The predicted octanol–water partition coefficient (Wildman–Crippen LogP) is 1.81. The Morgan fingerprint density at radius 3 is 2.32 bits per heavy atom. The molecule has 6 nitrogen and oxygen atoms in total. The SMILES string of the molecule is CC(C(CC1CCOCC1)C(=O)OC(C)(C)C)[C@H](N)C(=O)O. The predicted molar refractivity (Wildman–Crippen MR) is 82.3 cm³/mol. The average Bonchev–Trinajstić information content (AvgIpc) is 2.42. The summed E-state index contributed by atoms with van der Waals surface area (Å²) < 4.78 is 10.8. The molecule has 0 radical (unpaired) electrons. The fraction of sp³-hybridized carbons (Fsp3) is 0.875. The highest BCUT2D eigenvalue weighted by atomic mass is 16.6. The summed E-state index contributed by atoms with van der Waals surface area (Å²) in [6.07, 6.45) is 2.36. The van der Waals surface area contributed by atoms with Crippen LogP contribution in [0.3, 0.4) is 0 Å². The molecule has 6 heteroatoms. The van der Waals surface area contributed by atoms with E-state index in [4.69, 9.17) is 20.3 Å². The first-order valence-corrected chi connectivity index (χ1v) is 7.91. The molecule has 0 aromatic heterocycles. The largest absolute Gasteiger partial charge is 0.480 e. The minimum absolute atomic E-state index is 0.342. The summed E-state index contributed by atoms with van der Waals surface area (Å²) in [5.41, 5.74) is 5.14. The molecule has 3 atom stereocenters. The van der Waals surface area contributed by atoms with Crippen molar-refractivity contribution in [3.8, 4) is 0 Å². The van der Waals surface area contributed by atoms with Crippen molar-refractivity contribution in [3.05, 3.63) is 0 Å². The molecule has 3 N–H and O–H groups in total. The molecule has 0 aliphatic carbocycles. The van der Waals surface area contributed by atoms with Gasteiger partial charge in [0.05, 0.1) is 5.92 Å². The number of hydrogen-bond donors (Lipinski definition) is 2. The van der Waals surface area contributed by atoms with Gasteiger partial charge in [0.25, 0.3) is 0 Å². The van der Waals surface area contributed by atoms with Crippen LogP contribution in [0.25, 0.3) is 0 Å². The zero-order valence-electron chi connectivity index (χ0n) is 14.0. The lowest BCUT2D eigenvalue weighted by Crippen LogP contribution is -2.44. The molecule has 22 heavy (non-hydrogen) atoms. The summed E-state index contributed by atoms with van der Waals surface area (Å²) in [5.74, 6) is -2.09. The topological polar surface area (TPSA) is 98.9 Å². The maximum Gasteiger partial charge on any atom is 0.320 e. The minimum atomic E-state index is -1.09. The second kappa shape index (κ2) is 7.92. The molecule has 2 unspecified atom stereocenters. The van der Waals surface area contributed by atoms with E-state index in [1.54, 1.807) is 27.7 Å². The van der Waals surface area contributed by atoms with Crippen molar-refractivity contribution in [1.82, 2.24) is 0 Å². The standard InChI is InChI=1S/C16H29NO5/c1-10(13(17)14(18)19)12(15(20)22-16(2,3)4)9-11-5-7-21-8-6-11/h10-13H,5-9,17H2,1-4H3,(H,18,19)/t10?,12?,13-/m0/s1. The Morgan fingerprint density at radius 2 is 1.86 bits per heavy atom. The summed E-state index contributed by atoms with van der Waals surface area (Å²) in [6, 6.07) is -1.07. The van der Waals surface area contributed by atoms with Gasteiger partial charge in [-0.15, -0.1) is 0 Å².